The SMILES string of the molecule is CCNC(=O)c1cccc(-c2ccc(O)c3c2C[C@H]2C[C@H]4[C@H](N(C)C)C(O)=C(C(N)=O)C(=O)[C@@]4(O)C(C)=C2C3=O)c1. The fourth-order valence-corrected chi connectivity index (χ4v) is 6.95. The molecule has 41 heavy (non-hydrogen) atoms. The fourth-order valence-electron chi connectivity index (χ4n) is 6.95. The van der Waals surface area contributed by atoms with E-state index in [0.29, 0.717) is 35.2 Å². The van der Waals surface area contributed by atoms with E-state index in [0.717, 1.165) is 0 Å². The fraction of sp³-hybridized carbons (Fsp3) is 0.355. The van der Waals surface area contributed by atoms with E-state index in [1.165, 1.54) is 13.0 Å². The summed E-state index contributed by atoms with van der Waals surface area (Å²) in [5.74, 6) is -5.02. The lowest BCUT2D eigenvalue weighted by Gasteiger charge is -2.51. The predicted molar refractivity (Wildman–Crippen MR) is 150 cm³/mol. The largest absolute Gasteiger partial charge is 0.510 e. The van der Waals surface area contributed by atoms with Gasteiger partial charge in [-0.25, -0.2) is 0 Å². The highest BCUT2D eigenvalue weighted by Gasteiger charge is 2.61. The molecular formula is C31H33N3O7. The zero-order valence-corrected chi connectivity index (χ0v) is 23.3. The molecule has 5 rings (SSSR count). The van der Waals surface area contributed by atoms with Gasteiger partial charge in [0, 0.05) is 23.6 Å². The van der Waals surface area contributed by atoms with E-state index in [4.69, 9.17) is 5.73 Å². The molecule has 2 amide bonds. The van der Waals surface area contributed by atoms with Gasteiger partial charge in [0.2, 0.25) is 5.78 Å². The highest BCUT2D eigenvalue weighted by Crippen LogP contribution is 2.53. The Hall–Kier alpha value is -4.28. The number of nitrogens with zero attached hydrogens (tertiary/aromatic N) is 1. The third-order valence-electron chi connectivity index (χ3n) is 8.74. The standard InChI is InChI=1S/C31H33N3O7/c1-5-33-30(40)16-8-6-7-15(11-16)18-9-10-21(35)23-19(18)12-17-13-20-25(34(3)4)27(37)24(29(32)39)28(38)31(20,41)14(2)22(17)26(23)36/h6-11,17,20,25,35,37,41H,5,12-13H2,1-4H3,(H2,32,39)(H,33,40)/t17-,20-,25-,31+/m0/s1. The van der Waals surface area contributed by atoms with Crippen molar-refractivity contribution in [3.05, 3.63) is 75.6 Å². The van der Waals surface area contributed by atoms with Crippen LogP contribution in [0.3, 0.4) is 0 Å². The topological polar surface area (TPSA) is 170 Å². The molecule has 4 atom stereocenters. The van der Waals surface area contributed by atoms with Crippen LogP contribution in [-0.4, -0.2) is 75.9 Å². The normalized spacial score (nSPS) is 25.6. The lowest BCUT2D eigenvalue weighted by Crippen LogP contribution is -2.63. The number of nitrogens with two attached hydrogens (primary N) is 1. The average molecular weight is 560 g/mol. The van der Waals surface area contributed by atoms with Crippen molar-refractivity contribution >= 4 is 23.4 Å². The number of hydrogen-bond acceptors (Lipinski definition) is 8. The number of nitrogens with one attached hydrogen (secondary N) is 1. The van der Waals surface area contributed by atoms with Gasteiger partial charge in [0.05, 0.1) is 11.6 Å². The number of hydrogen-bond donors (Lipinski definition) is 5. The zero-order chi connectivity index (χ0) is 30.0. The van der Waals surface area contributed by atoms with Crippen LogP contribution < -0.4 is 11.1 Å². The van der Waals surface area contributed by atoms with Gasteiger partial charge in [-0.2, -0.15) is 0 Å². The molecule has 0 radical (unpaired) electrons. The van der Waals surface area contributed by atoms with Crippen molar-refractivity contribution in [3.8, 4) is 16.9 Å². The first-order chi connectivity index (χ1) is 19.3. The van der Waals surface area contributed by atoms with Gasteiger partial charge in [0.25, 0.3) is 11.8 Å². The number of phenols is 1. The number of aromatic hydroxyl groups is 1. The molecule has 10 nitrogen and oxygen atoms in total. The smallest absolute Gasteiger partial charge is 0.255 e. The maximum Gasteiger partial charge on any atom is 0.255 e. The second-order valence-electron chi connectivity index (χ2n) is 11.2. The maximum absolute atomic E-state index is 14.1. The monoisotopic (exact) mass is 559 g/mol. The van der Waals surface area contributed by atoms with Crippen molar-refractivity contribution in [3.63, 3.8) is 0 Å². The lowest BCUT2D eigenvalue weighted by atomic mass is 9.56. The lowest BCUT2D eigenvalue weighted by molar-refractivity contribution is -0.143. The summed E-state index contributed by atoms with van der Waals surface area (Å²) >= 11 is 0. The second-order valence-corrected chi connectivity index (χ2v) is 11.2. The summed E-state index contributed by atoms with van der Waals surface area (Å²) in [6, 6.07) is 9.22. The molecule has 6 N–H and O–H groups in total. The van der Waals surface area contributed by atoms with Crippen LogP contribution in [0.2, 0.25) is 0 Å². The molecular weight excluding hydrogens is 526 g/mol. The van der Waals surface area contributed by atoms with Crippen molar-refractivity contribution in [2.24, 2.45) is 17.6 Å². The van der Waals surface area contributed by atoms with E-state index in [-0.39, 0.29) is 34.8 Å². The summed E-state index contributed by atoms with van der Waals surface area (Å²) in [5.41, 5.74) is 5.29. The van der Waals surface area contributed by atoms with Crippen LogP contribution in [-0.2, 0) is 16.0 Å². The van der Waals surface area contributed by atoms with Crippen molar-refractivity contribution in [2.45, 2.75) is 38.3 Å². The summed E-state index contributed by atoms with van der Waals surface area (Å²) in [6.07, 6.45) is 0.448. The molecule has 0 aliphatic heterocycles. The highest BCUT2D eigenvalue weighted by atomic mass is 16.3. The summed E-state index contributed by atoms with van der Waals surface area (Å²) in [6.45, 7) is 3.78. The molecule has 0 aromatic heterocycles. The van der Waals surface area contributed by atoms with Gasteiger partial charge < -0.3 is 26.4 Å². The molecule has 0 bridgehead atoms. The minimum absolute atomic E-state index is 0.0690. The van der Waals surface area contributed by atoms with E-state index < -0.39 is 52.3 Å². The van der Waals surface area contributed by atoms with E-state index >= 15 is 0 Å². The highest BCUT2D eigenvalue weighted by molar-refractivity contribution is 6.25. The summed E-state index contributed by atoms with van der Waals surface area (Å²) < 4.78 is 0. The molecule has 0 unspecified atom stereocenters. The number of carbonyl (C=O) groups excluding carboxylic acids is 4. The number of likely N-dealkylation sites (N-methyl/N-ethyl adjacent to an activating group) is 1. The number of benzene rings is 2. The maximum atomic E-state index is 14.1. The molecule has 0 spiro atoms. The van der Waals surface area contributed by atoms with Crippen LogP contribution in [0.5, 0.6) is 5.75 Å². The number of fused-ring (bicyclic) bond motifs is 3. The Morgan fingerprint density at radius 3 is 2.49 bits per heavy atom. The molecule has 3 aliphatic rings. The number of carbonyl (C=O) groups is 4. The van der Waals surface area contributed by atoms with Crippen LogP contribution in [0, 0.1) is 11.8 Å². The van der Waals surface area contributed by atoms with E-state index in [2.05, 4.69) is 5.32 Å². The zero-order valence-electron chi connectivity index (χ0n) is 23.3. The van der Waals surface area contributed by atoms with Crippen LogP contribution in [0.4, 0.5) is 0 Å². The minimum atomic E-state index is -2.25. The molecule has 0 saturated carbocycles. The molecule has 0 saturated heterocycles. The minimum Gasteiger partial charge on any atom is -0.510 e. The van der Waals surface area contributed by atoms with Gasteiger partial charge in [-0.05, 0) is 87.2 Å². The second kappa shape index (κ2) is 9.97. The number of phenolic OH excluding ortho intramolecular Hbond substituents is 1. The van der Waals surface area contributed by atoms with E-state index in [1.54, 1.807) is 43.3 Å². The average Bonchev–Trinajstić information content (AvgIpc) is 2.90. The third-order valence-corrected chi connectivity index (χ3v) is 8.74. The summed E-state index contributed by atoms with van der Waals surface area (Å²) in [5, 5.41) is 36.6. The third kappa shape index (κ3) is 4.08. The molecule has 0 fully saturated rings. The molecule has 2 aromatic carbocycles. The Bertz CT molecular complexity index is 1590. The predicted octanol–water partition coefficient (Wildman–Crippen LogP) is 2.04. The van der Waals surface area contributed by atoms with Crippen molar-refractivity contribution in [1.29, 1.82) is 0 Å². The van der Waals surface area contributed by atoms with Gasteiger partial charge in [-0.3, -0.25) is 24.1 Å². The van der Waals surface area contributed by atoms with E-state index in [9.17, 15) is 34.5 Å². The van der Waals surface area contributed by atoms with Gasteiger partial charge in [-0.1, -0.05) is 18.2 Å². The van der Waals surface area contributed by atoms with Gasteiger partial charge >= 0.3 is 0 Å². The number of amides is 2. The van der Waals surface area contributed by atoms with Gasteiger partial charge in [-0.15, -0.1) is 0 Å². The molecule has 3 aliphatic carbocycles. The number of ketones is 2. The van der Waals surface area contributed by atoms with Crippen LogP contribution >= 0.6 is 0 Å². The van der Waals surface area contributed by atoms with Gasteiger partial charge in [0.1, 0.15) is 17.1 Å². The first-order valence-corrected chi connectivity index (χ1v) is 13.5. The quantitative estimate of drug-likeness (QED) is 0.347. The van der Waals surface area contributed by atoms with Crippen molar-refractivity contribution in [1.82, 2.24) is 10.2 Å². The molecule has 0 heterocycles. The Kier molecular flexibility index (Phi) is 6.87. The van der Waals surface area contributed by atoms with Crippen LogP contribution in [0.15, 0.2) is 58.9 Å². The van der Waals surface area contributed by atoms with Crippen molar-refractivity contribution < 1.29 is 34.5 Å². The number of primary amides is 1. The van der Waals surface area contributed by atoms with Gasteiger partial charge in [0.15, 0.2) is 11.4 Å². The Balaban J connectivity index is 1.68. The molecule has 2 aromatic rings. The molecule has 10 heteroatoms. The summed E-state index contributed by atoms with van der Waals surface area (Å²) in [7, 11) is 3.31. The number of Topliss-reactive ketones (excluding diaryl/α,β-unsaturated/α-hetero) is 2. The Labute approximate surface area is 237 Å². The molecule has 214 valence electrons. The van der Waals surface area contributed by atoms with Crippen LogP contribution in [0.25, 0.3) is 11.1 Å². The Morgan fingerprint density at radius 2 is 1.85 bits per heavy atom. The number of allylic oxidation sites excluding steroid dienone is 1. The number of aliphatic hydroxyl groups is 2. The first-order valence-electron chi connectivity index (χ1n) is 13.5. The summed E-state index contributed by atoms with van der Waals surface area (Å²) in [4.78, 5) is 54.0. The van der Waals surface area contributed by atoms with Crippen molar-refractivity contribution in [2.75, 3.05) is 20.6 Å². The Morgan fingerprint density at radius 1 is 1.15 bits per heavy atom. The van der Waals surface area contributed by atoms with E-state index in [1.807, 2.05) is 13.0 Å². The van der Waals surface area contributed by atoms with Crippen LogP contribution in [0.1, 0.15) is 46.5 Å². The first kappa shape index (κ1) is 28.3. The number of aliphatic hydroxyl groups excluding tert-OH is 1. The number of rotatable bonds is 5.